The second-order valence-electron chi connectivity index (χ2n) is 8.94. The molecule has 0 unspecified atom stereocenters. The Morgan fingerprint density at radius 3 is 2.71 bits per heavy atom. The Hall–Kier alpha value is -3.72. The molecule has 1 aromatic carbocycles. The highest BCUT2D eigenvalue weighted by Crippen LogP contribution is 2.36. The number of nitrogen functional groups attached to an aromatic ring is 2. The van der Waals surface area contributed by atoms with E-state index in [1.165, 1.54) is 5.69 Å². The number of nitrogens with one attached hydrogen (secondary N) is 1. The highest BCUT2D eigenvalue weighted by atomic mass is 19.1. The number of nitrogens with zero attached hydrogens (tertiary/aromatic N) is 4. The van der Waals surface area contributed by atoms with Crippen molar-refractivity contribution in [3.8, 4) is 11.1 Å². The average molecular weight is 462 g/mol. The molecule has 3 aromatic heterocycles. The zero-order chi connectivity index (χ0) is 24.0. The van der Waals surface area contributed by atoms with Crippen LogP contribution >= 0.6 is 0 Å². The molecule has 0 fully saturated rings. The minimum atomic E-state index is -0.509. The highest BCUT2D eigenvalue weighted by Gasteiger charge is 2.23. The van der Waals surface area contributed by atoms with Gasteiger partial charge in [-0.2, -0.15) is 5.10 Å². The second-order valence-corrected chi connectivity index (χ2v) is 8.94. The number of ether oxygens (including phenoxy) is 1. The number of pyridine rings is 2. The van der Waals surface area contributed by atoms with Crippen molar-refractivity contribution in [3.05, 3.63) is 53.9 Å². The van der Waals surface area contributed by atoms with Gasteiger partial charge in [0.2, 0.25) is 0 Å². The third-order valence-electron chi connectivity index (χ3n) is 6.75. The van der Waals surface area contributed by atoms with Crippen LogP contribution in [0.1, 0.15) is 36.9 Å². The fraction of sp³-hybridized carbons (Fsp3) is 0.320. The first-order valence-corrected chi connectivity index (χ1v) is 11.3. The monoisotopic (exact) mass is 461 g/mol. The van der Waals surface area contributed by atoms with Crippen molar-refractivity contribution in [2.24, 2.45) is 0 Å². The van der Waals surface area contributed by atoms with E-state index in [1.54, 1.807) is 31.8 Å². The van der Waals surface area contributed by atoms with Gasteiger partial charge in [-0.1, -0.05) is 6.92 Å². The maximum absolute atomic E-state index is 15.2. The van der Waals surface area contributed by atoms with Crippen LogP contribution in [0.3, 0.4) is 0 Å². The number of benzene rings is 1. The van der Waals surface area contributed by atoms with E-state index in [1.807, 2.05) is 17.7 Å². The summed E-state index contributed by atoms with van der Waals surface area (Å²) in [5.41, 5.74) is 15.6. The van der Waals surface area contributed by atoms with Crippen LogP contribution in [0.15, 0.2) is 36.8 Å². The van der Waals surface area contributed by atoms with Crippen molar-refractivity contribution >= 4 is 33.8 Å². The molecule has 0 saturated heterocycles. The van der Waals surface area contributed by atoms with Gasteiger partial charge in [-0.05, 0) is 48.8 Å². The summed E-state index contributed by atoms with van der Waals surface area (Å²) in [4.78, 5) is 8.57. The van der Waals surface area contributed by atoms with E-state index in [0.29, 0.717) is 39.8 Å². The highest BCUT2D eigenvalue weighted by molar-refractivity contribution is 5.98. The normalized spacial score (nSPS) is 18.0. The molecule has 0 bridgehead atoms. The van der Waals surface area contributed by atoms with Gasteiger partial charge in [0.05, 0.1) is 30.2 Å². The van der Waals surface area contributed by atoms with Crippen LogP contribution in [0, 0.1) is 12.7 Å². The Bertz CT molecular complexity index is 1380. The van der Waals surface area contributed by atoms with E-state index in [4.69, 9.17) is 21.3 Å². The van der Waals surface area contributed by atoms with Crippen molar-refractivity contribution in [3.63, 3.8) is 0 Å². The molecule has 1 aliphatic rings. The number of halogens is 1. The summed E-state index contributed by atoms with van der Waals surface area (Å²) >= 11 is 0. The predicted octanol–water partition coefficient (Wildman–Crippen LogP) is 4.76. The number of methoxy groups -OCH3 is 1. The molecular weight excluding hydrogens is 433 g/mol. The number of hydrogen-bond acceptors (Lipinski definition) is 7. The smallest absolute Gasteiger partial charge is 0.154 e. The van der Waals surface area contributed by atoms with Crippen molar-refractivity contribution in [1.29, 1.82) is 0 Å². The molecule has 1 aliphatic heterocycles. The molecule has 0 radical (unpaired) electrons. The maximum atomic E-state index is 15.2. The molecule has 8 nitrogen and oxygen atoms in total. The number of aromatic nitrogens is 4. The zero-order valence-electron chi connectivity index (χ0n) is 19.5. The number of nitrogens with two attached hydrogens (primary N) is 2. The van der Waals surface area contributed by atoms with Crippen molar-refractivity contribution in [2.45, 2.75) is 45.3 Å². The van der Waals surface area contributed by atoms with Gasteiger partial charge in [0, 0.05) is 47.8 Å². The Morgan fingerprint density at radius 2 is 1.91 bits per heavy atom. The van der Waals surface area contributed by atoms with E-state index in [9.17, 15) is 0 Å². The van der Waals surface area contributed by atoms with Crippen molar-refractivity contribution in [2.75, 3.05) is 23.9 Å². The summed E-state index contributed by atoms with van der Waals surface area (Å²) in [5.74, 6) is 1.17. The van der Waals surface area contributed by atoms with Gasteiger partial charge in [-0.3, -0.25) is 9.67 Å². The quantitative estimate of drug-likeness (QED) is 0.375. The molecule has 0 spiro atoms. The summed E-state index contributed by atoms with van der Waals surface area (Å²) in [6.07, 6.45) is 6.94. The summed E-state index contributed by atoms with van der Waals surface area (Å²) in [6.45, 7) is 4.76. The van der Waals surface area contributed by atoms with Gasteiger partial charge in [0.1, 0.15) is 5.82 Å². The molecule has 0 aliphatic carbocycles. The van der Waals surface area contributed by atoms with Gasteiger partial charge >= 0.3 is 0 Å². The first-order valence-electron chi connectivity index (χ1n) is 11.3. The van der Waals surface area contributed by atoms with Crippen LogP contribution < -0.4 is 16.8 Å². The molecule has 4 heterocycles. The van der Waals surface area contributed by atoms with Crippen molar-refractivity contribution in [1.82, 2.24) is 19.7 Å². The fourth-order valence-corrected chi connectivity index (χ4v) is 4.60. The Kier molecular flexibility index (Phi) is 5.57. The summed E-state index contributed by atoms with van der Waals surface area (Å²) in [5, 5.41) is 9.31. The average Bonchev–Trinajstić information content (AvgIpc) is 3.16. The number of hydrogen-bond donors (Lipinski definition) is 3. The zero-order valence-corrected chi connectivity index (χ0v) is 19.5. The lowest BCUT2D eigenvalue weighted by Gasteiger charge is -2.13. The third-order valence-corrected chi connectivity index (χ3v) is 6.75. The van der Waals surface area contributed by atoms with Gasteiger partial charge in [0.15, 0.2) is 11.6 Å². The van der Waals surface area contributed by atoms with Gasteiger partial charge in [0.25, 0.3) is 0 Å². The van der Waals surface area contributed by atoms with Crippen LogP contribution in [-0.4, -0.2) is 33.0 Å². The van der Waals surface area contributed by atoms with E-state index in [2.05, 4.69) is 28.3 Å². The van der Waals surface area contributed by atoms with Gasteiger partial charge < -0.3 is 21.5 Å². The van der Waals surface area contributed by atoms with Crippen molar-refractivity contribution < 1.29 is 9.13 Å². The summed E-state index contributed by atoms with van der Waals surface area (Å²) in [6, 6.07) is 5.65. The molecule has 2 atom stereocenters. The molecule has 4 aromatic rings. The van der Waals surface area contributed by atoms with Crippen LogP contribution in [0.2, 0.25) is 0 Å². The lowest BCUT2D eigenvalue weighted by molar-refractivity contribution is 0.0795. The van der Waals surface area contributed by atoms with Crippen LogP contribution in [0.4, 0.5) is 27.4 Å². The molecule has 176 valence electrons. The van der Waals surface area contributed by atoms with E-state index < -0.39 is 5.82 Å². The number of anilines is 4. The largest absolute Gasteiger partial charge is 0.397 e. The molecule has 34 heavy (non-hydrogen) atoms. The van der Waals surface area contributed by atoms with E-state index in [-0.39, 0.29) is 11.8 Å². The number of fused-ring (bicyclic) bond motifs is 2. The second kappa shape index (κ2) is 8.57. The predicted molar refractivity (Wildman–Crippen MR) is 132 cm³/mol. The Morgan fingerprint density at radius 1 is 1.09 bits per heavy atom. The van der Waals surface area contributed by atoms with E-state index in [0.717, 1.165) is 30.3 Å². The first-order chi connectivity index (χ1) is 16.4. The van der Waals surface area contributed by atoms with Crippen LogP contribution in [0.25, 0.3) is 21.9 Å². The van der Waals surface area contributed by atoms with Gasteiger partial charge in [-0.25, -0.2) is 9.37 Å². The maximum Gasteiger partial charge on any atom is 0.154 e. The minimum absolute atomic E-state index is 0.0431. The summed E-state index contributed by atoms with van der Waals surface area (Å²) < 4.78 is 22.8. The topological polar surface area (TPSA) is 117 Å². The Labute approximate surface area is 197 Å². The van der Waals surface area contributed by atoms with Gasteiger partial charge in [-0.15, -0.1) is 0 Å². The Balaban J connectivity index is 1.52. The first kappa shape index (κ1) is 22.1. The minimum Gasteiger partial charge on any atom is -0.397 e. The third kappa shape index (κ3) is 3.81. The molecule has 9 heteroatoms. The lowest BCUT2D eigenvalue weighted by Crippen LogP contribution is -2.18. The lowest BCUT2D eigenvalue weighted by atomic mass is 9.97. The van der Waals surface area contributed by atoms with Crippen LogP contribution in [-0.2, 0) is 11.3 Å². The molecule has 0 amide bonds. The SMILES string of the molecule is CO[C@H]1CC[C@H](C)c2cc(Nc3cc4cc(-c5cncc(N)c5C)c(F)c(N)c4cn3)nn2C1. The fourth-order valence-electron chi connectivity index (χ4n) is 4.60. The summed E-state index contributed by atoms with van der Waals surface area (Å²) in [7, 11) is 1.74. The number of rotatable bonds is 4. The van der Waals surface area contributed by atoms with E-state index >= 15 is 4.39 Å². The molecule has 5 rings (SSSR count). The molecular formula is C25H28FN7O. The standard InChI is InChI=1S/C25H28FN7O/c1-13-4-5-16(34-3)12-33-21(13)8-23(32-33)31-22-7-15-6-17(18-9-29-11-20(27)14(18)2)24(26)25(28)19(15)10-30-22/h6-11,13,16H,4-5,12,27-28H2,1-3H3,(H,30,31,32)/t13-,16-/m0/s1. The van der Waals surface area contributed by atoms with Crippen LogP contribution in [0.5, 0.6) is 0 Å². The molecule has 0 saturated carbocycles. The molecule has 5 N–H and O–H groups in total.